The minimum Gasteiger partial charge on any atom is -0.612 e. The van der Waals surface area contributed by atoms with Gasteiger partial charge in [0, 0.05) is 25.3 Å². The van der Waals surface area contributed by atoms with E-state index in [0.717, 1.165) is 5.57 Å². The molecule has 0 atom stereocenters. The number of rotatable bonds is 3. The maximum Gasteiger partial charge on any atom is 0.242 e. The average Bonchev–Trinajstić information content (AvgIpc) is 2.48. The van der Waals surface area contributed by atoms with Crippen molar-refractivity contribution < 1.29 is 9.70 Å². The molecule has 6 nitrogen and oxygen atoms in total. The third kappa shape index (κ3) is 3.73. The van der Waals surface area contributed by atoms with Gasteiger partial charge < -0.3 is 10.4 Å². The third-order valence-corrected chi connectivity index (χ3v) is 2.79. The first-order valence-electron chi connectivity index (χ1n) is 6.27. The second-order valence-electron chi connectivity index (χ2n) is 4.31. The van der Waals surface area contributed by atoms with E-state index >= 15 is 0 Å². The number of amides is 1. The van der Waals surface area contributed by atoms with Crippen LogP contribution in [0, 0.1) is 10.4 Å². The molecule has 0 saturated heterocycles. The van der Waals surface area contributed by atoms with E-state index in [-0.39, 0.29) is 11.6 Å². The third-order valence-electron chi connectivity index (χ3n) is 2.79. The number of carbonyl (C=O) groups excluding carboxylic acids is 1. The average molecular weight is 284 g/mol. The number of anilines is 1. The van der Waals surface area contributed by atoms with Crippen LogP contribution in [0.1, 0.15) is 6.92 Å². The van der Waals surface area contributed by atoms with E-state index in [2.05, 4.69) is 5.43 Å². The summed E-state index contributed by atoms with van der Waals surface area (Å²) < 4.78 is 0. The van der Waals surface area contributed by atoms with Crippen LogP contribution >= 0.6 is 0 Å². The largest absolute Gasteiger partial charge is 0.612 e. The predicted octanol–water partition coefficient (Wildman–Crippen LogP) is 2.00. The molecule has 0 unspecified atom stereocenters. The van der Waals surface area contributed by atoms with Gasteiger partial charge in [-0.1, -0.05) is 18.2 Å². The van der Waals surface area contributed by atoms with Gasteiger partial charge in [0.1, 0.15) is 0 Å². The number of hydrogen-bond donors (Lipinski definition) is 1. The molecular formula is C15H14N3O3-. The number of carbonyl (C=O) groups is 1. The molecular weight excluding hydrogens is 270 g/mol. The molecule has 0 fully saturated rings. The number of allylic oxidation sites excluding steroid dienone is 5. The molecule has 0 aromatic heterocycles. The van der Waals surface area contributed by atoms with Crippen LogP contribution in [-0.2, 0) is 4.79 Å². The first-order valence-corrected chi connectivity index (χ1v) is 6.27. The molecule has 21 heavy (non-hydrogen) atoms. The van der Waals surface area contributed by atoms with Crippen LogP contribution in [-0.4, -0.2) is 16.5 Å². The fraction of sp³-hybridized carbons (Fsp3) is 0.0667. The summed E-state index contributed by atoms with van der Waals surface area (Å²) in [6.45, 7) is 1.45. The van der Waals surface area contributed by atoms with Crippen molar-refractivity contribution in [2.45, 2.75) is 6.92 Å². The zero-order chi connectivity index (χ0) is 15.2. The zero-order valence-corrected chi connectivity index (χ0v) is 11.4. The summed E-state index contributed by atoms with van der Waals surface area (Å²) in [5, 5.41) is 22.5. The summed E-state index contributed by atoms with van der Waals surface area (Å²) in [6, 6.07) is 9.13. The fourth-order valence-electron chi connectivity index (χ4n) is 1.76. The Kier molecular flexibility index (Phi) is 4.40. The normalized spacial score (nSPS) is 13.0. The topological polar surface area (TPSA) is 81.5 Å². The van der Waals surface area contributed by atoms with Crippen LogP contribution in [0.2, 0.25) is 0 Å². The first kappa shape index (κ1) is 14.4. The van der Waals surface area contributed by atoms with Gasteiger partial charge in [-0.15, -0.1) is 0 Å². The number of para-hydroxylation sites is 1. The van der Waals surface area contributed by atoms with Gasteiger partial charge in [0.25, 0.3) is 0 Å². The lowest BCUT2D eigenvalue weighted by molar-refractivity contribution is -0.377. The maximum absolute atomic E-state index is 11.7. The van der Waals surface area contributed by atoms with E-state index in [0.29, 0.717) is 5.69 Å². The highest BCUT2D eigenvalue weighted by atomic mass is 16.8. The SMILES string of the molecule is CC(=O)N(NC=C1C=CC(=[N+]([O-])[O-])C=C1)c1ccccc1. The van der Waals surface area contributed by atoms with Crippen molar-refractivity contribution in [3.8, 4) is 0 Å². The van der Waals surface area contributed by atoms with Crippen LogP contribution in [0.3, 0.4) is 0 Å². The van der Waals surface area contributed by atoms with Gasteiger partial charge in [0.15, 0.2) is 0 Å². The van der Waals surface area contributed by atoms with Gasteiger partial charge in [0.05, 0.1) is 5.69 Å². The molecule has 0 bridgehead atoms. The summed E-state index contributed by atoms with van der Waals surface area (Å²) in [6.07, 6.45) is 7.64. The van der Waals surface area contributed by atoms with Gasteiger partial charge in [0.2, 0.25) is 11.6 Å². The molecule has 0 heterocycles. The fourth-order valence-corrected chi connectivity index (χ4v) is 1.76. The van der Waals surface area contributed by atoms with Gasteiger partial charge in [-0.3, -0.25) is 10.2 Å². The molecule has 0 spiro atoms. The summed E-state index contributed by atoms with van der Waals surface area (Å²) in [7, 11) is 0. The number of nitrogens with one attached hydrogen (secondary N) is 1. The highest BCUT2D eigenvalue weighted by molar-refractivity contribution is 6.02. The van der Waals surface area contributed by atoms with Crippen molar-refractivity contribution in [3.63, 3.8) is 0 Å². The van der Waals surface area contributed by atoms with Crippen molar-refractivity contribution in [1.82, 2.24) is 5.43 Å². The summed E-state index contributed by atoms with van der Waals surface area (Å²) >= 11 is 0. The van der Waals surface area contributed by atoms with Crippen molar-refractivity contribution in [2.75, 3.05) is 5.01 Å². The molecule has 2 rings (SSSR count). The lowest BCUT2D eigenvalue weighted by atomic mass is 10.1. The van der Waals surface area contributed by atoms with E-state index < -0.39 is 4.90 Å². The quantitative estimate of drug-likeness (QED) is 0.680. The Hall–Kier alpha value is -3.02. The van der Waals surface area contributed by atoms with E-state index in [4.69, 9.17) is 0 Å². The smallest absolute Gasteiger partial charge is 0.242 e. The van der Waals surface area contributed by atoms with Crippen LogP contribution in [0.25, 0.3) is 0 Å². The Morgan fingerprint density at radius 1 is 1.14 bits per heavy atom. The molecule has 1 amide bonds. The molecule has 1 N–H and O–H groups in total. The van der Waals surface area contributed by atoms with Crippen molar-refractivity contribution in [3.05, 3.63) is 76.8 Å². The molecule has 108 valence electrons. The summed E-state index contributed by atoms with van der Waals surface area (Å²) in [5.74, 6) is -0.167. The van der Waals surface area contributed by atoms with E-state index in [1.807, 2.05) is 18.2 Å². The van der Waals surface area contributed by atoms with Crippen LogP contribution < -0.4 is 10.4 Å². The van der Waals surface area contributed by atoms with Crippen molar-refractivity contribution in [2.24, 2.45) is 0 Å². The molecule has 1 aromatic rings. The second kappa shape index (κ2) is 6.42. The Balaban J connectivity index is 2.12. The molecule has 0 aliphatic heterocycles. The van der Waals surface area contributed by atoms with Crippen molar-refractivity contribution >= 4 is 17.3 Å². The minimum absolute atomic E-state index is 0.0265. The van der Waals surface area contributed by atoms with Gasteiger partial charge in [-0.25, -0.2) is 5.01 Å². The highest BCUT2D eigenvalue weighted by Gasteiger charge is 2.09. The molecule has 0 radical (unpaired) electrons. The van der Waals surface area contributed by atoms with Gasteiger partial charge in [-0.2, -0.15) is 4.90 Å². The molecule has 1 aromatic carbocycles. The molecule has 0 saturated carbocycles. The number of nitrogens with zero attached hydrogens (tertiary/aromatic N) is 2. The highest BCUT2D eigenvalue weighted by Crippen LogP contribution is 2.12. The summed E-state index contributed by atoms with van der Waals surface area (Å²) in [4.78, 5) is 11.2. The Labute approximate surface area is 122 Å². The zero-order valence-electron chi connectivity index (χ0n) is 11.4. The maximum atomic E-state index is 11.7. The van der Waals surface area contributed by atoms with E-state index in [9.17, 15) is 15.2 Å². The molecule has 1 aliphatic rings. The second-order valence-corrected chi connectivity index (χ2v) is 4.31. The van der Waals surface area contributed by atoms with E-state index in [1.165, 1.54) is 24.1 Å². The molecule has 1 aliphatic carbocycles. The molecule has 6 heteroatoms. The number of benzene rings is 1. The monoisotopic (exact) mass is 284 g/mol. The predicted molar refractivity (Wildman–Crippen MR) is 81.1 cm³/mol. The number of hydrazine groups is 1. The standard InChI is InChI=1S/C15H14N3O3/c1-12(19)17(14-5-3-2-4-6-14)16-11-13-7-9-15(10-8-13)18(20)21/h2-11,16H,1H3/q-1. The Morgan fingerprint density at radius 3 is 2.29 bits per heavy atom. The lowest BCUT2D eigenvalue weighted by Gasteiger charge is -2.21. The number of hydrogen-bond acceptors (Lipinski definition) is 4. The Morgan fingerprint density at radius 2 is 1.76 bits per heavy atom. The van der Waals surface area contributed by atoms with Gasteiger partial charge >= 0.3 is 0 Å². The van der Waals surface area contributed by atoms with Gasteiger partial charge in [-0.05, 0) is 29.9 Å². The summed E-state index contributed by atoms with van der Waals surface area (Å²) in [5.41, 5.74) is 4.35. The Bertz CT molecular complexity index is 623. The van der Waals surface area contributed by atoms with Crippen LogP contribution in [0.4, 0.5) is 5.69 Å². The van der Waals surface area contributed by atoms with Crippen LogP contribution in [0.15, 0.2) is 66.4 Å². The van der Waals surface area contributed by atoms with E-state index in [1.54, 1.807) is 30.5 Å². The minimum atomic E-state index is -0.455. The lowest BCUT2D eigenvalue weighted by Crippen LogP contribution is -2.38. The van der Waals surface area contributed by atoms with Crippen molar-refractivity contribution in [1.29, 1.82) is 0 Å². The first-order chi connectivity index (χ1) is 10.1. The van der Waals surface area contributed by atoms with Crippen LogP contribution in [0.5, 0.6) is 0 Å².